The number of hydrogen-bond acceptors (Lipinski definition) is 1. The molecule has 146 valence electrons. The zero-order valence-electron chi connectivity index (χ0n) is 17.5. The van der Waals surface area contributed by atoms with Crippen molar-refractivity contribution in [1.82, 2.24) is 9.78 Å². The topological polar surface area (TPSA) is 17.8 Å². The van der Waals surface area contributed by atoms with Crippen molar-refractivity contribution in [2.75, 3.05) is 0 Å². The molecule has 0 fully saturated rings. The second-order valence-electron chi connectivity index (χ2n) is 7.90. The number of benzene rings is 3. The van der Waals surface area contributed by atoms with E-state index in [2.05, 4.69) is 76.2 Å². The highest BCUT2D eigenvalue weighted by Gasteiger charge is 2.16. The van der Waals surface area contributed by atoms with E-state index in [0.717, 1.165) is 33.2 Å². The van der Waals surface area contributed by atoms with Gasteiger partial charge in [0, 0.05) is 16.1 Å². The summed E-state index contributed by atoms with van der Waals surface area (Å²) in [6.07, 6.45) is 0. The van der Waals surface area contributed by atoms with E-state index in [1.54, 1.807) is 0 Å². The molecular formula is C26H25ClN2. The molecule has 1 aromatic heterocycles. The van der Waals surface area contributed by atoms with Gasteiger partial charge in [-0.05, 0) is 69.5 Å². The van der Waals surface area contributed by atoms with Gasteiger partial charge in [-0.2, -0.15) is 5.10 Å². The van der Waals surface area contributed by atoms with E-state index in [1.807, 2.05) is 23.7 Å². The minimum absolute atomic E-state index is 0.748. The standard InChI is InChI=1S/C26H25ClN2/c1-16-6-10-22(19(4)12-16)25-15-26(23-11-7-17(2)13-20(23)5)29(28-25)21-9-8-18(3)24(27)14-21/h6-15H,1-5H3. The molecule has 0 amide bonds. The molecule has 0 aliphatic heterocycles. The number of halogens is 1. The fraction of sp³-hybridized carbons (Fsp3) is 0.192. The summed E-state index contributed by atoms with van der Waals surface area (Å²) in [5.41, 5.74) is 11.4. The van der Waals surface area contributed by atoms with Crippen LogP contribution in [-0.4, -0.2) is 9.78 Å². The van der Waals surface area contributed by atoms with Gasteiger partial charge < -0.3 is 0 Å². The second-order valence-corrected chi connectivity index (χ2v) is 8.30. The van der Waals surface area contributed by atoms with Crippen LogP contribution >= 0.6 is 11.6 Å². The summed E-state index contributed by atoms with van der Waals surface area (Å²) in [6, 6.07) is 21.3. The van der Waals surface area contributed by atoms with Crippen LogP contribution in [0.3, 0.4) is 0 Å². The number of hydrogen-bond donors (Lipinski definition) is 0. The minimum atomic E-state index is 0.748. The van der Waals surface area contributed by atoms with Gasteiger partial charge >= 0.3 is 0 Å². The number of rotatable bonds is 3. The van der Waals surface area contributed by atoms with Gasteiger partial charge in [0.25, 0.3) is 0 Å². The first-order valence-electron chi connectivity index (χ1n) is 9.85. The van der Waals surface area contributed by atoms with Gasteiger partial charge in [-0.1, -0.05) is 65.2 Å². The summed E-state index contributed by atoms with van der Waals surface area (Å²) in [4.78, 5) is 0. The molecule has 4 rings (SSSR count). The van der Waals surface area contributed by atoms with E-state index in [0.29, 0.717) is 0 Å². The Morgan fingerprint density at radius 2 is 1.28 bits per heavy atom. The minimum Gasteiger partial charge on any atom is -0.232 e. The molecule has 3 aromatic carbocycles. The predicted molar refractivity (Wildman–Crippen MR) is 123 cm³/mol. The van der Waals surface area contributed by atoms with Gasteiger partial charge in [0.15, 0.2) is 0 Å². The van der Waals surface area contributed by atoms with Crippen molar-refractivity contribution in [2.45, 2.75) is 34.6 Å². The van der Waals surface area contributed by atoms with E-state index in [-0.39, 0.29) is 0 Å². The SMILES string of the molecule is Cc1ccc(-c2cc(-c3ccc(C)cc3C)n(-c3ccc(C)c(Cl)c3)n2)c(C)c1. The molecule has 0 unspecified atom stereocenters. The fourth-order valence-corrected chi connectivity index (χ4v) is 3.99. The Morgan fingerprint density at radius 3 is 1.86 bits per heavy atom. The third kappa shape index (κ3) is 3.73. The van der Waals surface area contributed by atoms with Gasteiger partial charge in [0.2, 0.25) is 0 Å². The van der Waals surface area contributed by atoms with Crippen LogP contribution in [0.5, 0.6) is 0 Å². The Hall–Kier alpha value is -2.84. The summed E-state index contributed by atoms with van der Waals surface area (Å²) in [5.74, 6) is 0. The largest absolute Gasteiger partial charge is 0.232 e. The zero-order chi connectivity index (χ0) is 20.7. The van der Waals surface area contributed by atoms with Crippen molar-refractivity contribution in [2.24, 2.45) is 0 Å². The molecule has 0 radical (unpaired) electrons. The lowest BCUT2D eigenvalue weighted by molar-refractivity contribution is 0.890. The first-order chi connectivity index (χ1) is 13.8. The maximum Gasteiger partial charge on any atom is 0.0936 e. The van der Waals surface area contributed by atoms with Crippen LogP contribution < -0.4 is 0 Å². The van der Waals surface area contributed by atoms with Gasteiger partial charge in [0.1, 0.15) is 0 Å². The van der Waals surface area contributed by atoms with Crippen molar-refractivity contribution in [1.29, 1.82) is 0 Å². The Morgan fingerprint density at radius 1 is 0.655 bits per heavy atom. The van der Waals surface area contributed by atoms with Gasteiger partial charge in [-0.3, -0.25) is 0 Å². The molecule has 0 bridgehead atoms. The molecule has 0 saturated heterocycles. The molecule has 1 heterocycles. The van der Waals surface area contributed by atoms with Gasteiger partial charge in [-0.15, -0.1) is 0 Å². The molecule has 0 spiro atoms. The molecule has 29 heavy (non-hydrogen) atoms. The molecule has 4 aromatic rings. The van der Waals surface area contributed by atoms with Crippen molar-refractivity contribution < 1.29 is 0 Å². The van der Waals surface area contributed by atoms with Crippen LogP contribution in [0.15, 0.2) is 60.7 Å². The van der Waals surface area contributed by atoms with E-state index in [1.165, 1.54) is 27.8 Å². The van der Waals surface area contributed by atoms with E-state index >= 15 is 0 Å². The van der Waals surface area contributed by atoms with E-state index in [9.17, 15) is 0 Å². The molecule has 3 heteroatoms. The van der Waals surface area contributed by atoms with Crippen molar-refractivity contribution in [3.05, 3.63) is 93.5 Å². The highest BCUT2D eigenvalue weighted by atomic mass is 35.5. The van der Waals surface area contributed by atoms with Crippen molar-refractivity contribution in [3.63, 3.8) is 0 Å². The first kappa shape index (κ1) is 19.5. The number of aryl methyl sites for hydroxylation is 5. The average molecular weight is 401 g/mol. The quantitative estimate of drug-likeness (QED) is 0.350. The third-order valence-electron chi connectivity index (χ3n) is 5.43. The zero-order valence-corrected chi connectivity index (χ0v) is 18.3. The van der Waals surface area contributed by atoms with E-state index < -0.39 is 0 Å². The van der Waals surface area contributed by atoms with Crippen LogP contribution in [0.2, 0.25) is 5.02 Å². The van der Waals surface area contributed by atoms with Crippen LogP contribution in [0, 0.1) is 34.6 Å². The second kappa shape index (κ2) is 7.53. The fourth-order valence-electron chi connectivity index (χ4n) is 3.82. The summed E-state index contributed by atoms with van der Waals surface area (Å²) in [5, 5.41) is 5.76. The Balaban J connectivity index is 1.97. The molecule has 2 nitrogen and oxygen atoms in total. The van der Waals surface area contributed by atoms with E-state index in [4.69, 9.17) is 16.7 Å². The smallest absolute Gasteiger partial charge is 0.0936 e. The lowest BCUT2D eigenvalue weighted by Gasteiger charge is -2.11. The lowest BCUT2D eigenvalue weighted by Crippen LogP contribution is -2.01. The first-order valence-corrected chi connectivity index (χ1v) is 10.2. The summed E-state index contributed by atoms with van der Waals surface area (Å²) in [6.45, 7) is 10.5. The molecule has 0 aliphatic rings. The van der Waals surface area contributed by atoms with Crippen LogP contribution in [0.4, 0.5) is 0 Å². The van der Waals surface area contributed by atoms with Crippen molar-refractivity contribution >= 4 is 11.6 Å². The monoisotopic (exact) mass is 400 g/mol. The maximum absolute atomic E-state index is 6.44. The van der Waals surface area contributed by atoms with Crippen LogP contribution in [0.1, 0.15) is 27.8 Å². The molecule has 0 atom stereocenters. The van der Waals surface area contributed by atoms with Gasteiger partial charge in [0.05, 0.1) is 17.1 Å². The number of aromatic nitrogens is 2. The summed E-state index contributed by atoms with van der Waals surface area (Å²) >= 11 is 6.44. The van der Waals surface area contributed by atoms with Crippen LogP contribution in [0.25, 0.3) is 28.2 Å². The summed E-state index contributed by atoms with van der Waals surface area (Å²) in [7, 11) is 0. The lowest BCUT2D eigenvalue weighted by atomic mass is 10.00. The third-order valence-corrected chi connectivity index (χ3v) is 5.83. The highest BCUT2D eigenvalue weighted by Crippen LogP contribution is 2.33. The average Bonchev–Trinajstić information content (AvgIpc) is 3.08. The Kier molecular flexibility index (Phi) is 5.06. The highest BCUT2D eigenvalue weighted by molar-refractivity contribution is 6.31. The normalized spacial score (nSPS) is 11.1. The van der Waals surface area contributed by atoms with Crippen molar-refractivity contribution in [3.8, 4) is 28.2 Å². The Labute approximate surface area is 177 Å². The maximum atomic E-state index is 6.44. The molecule has 0 N–H and O–H groups in total. The Bertz CT molecular complexity index is 1220. The number of nitrogens with zero attached hydrogens (tertiary/aromatic N) is 2. The predicted octanol–water partition coefficient (Wildman–Crippen LogP) is 7.40. The van der Waals surface area contributed by atoms with Gasteiger partial charge in [-0.25, -0.2) is 4.68 Å². The van der Waals surface area contributed by atoms with Crippen LogP contribution in [-0.2, 0) is 0 Å². The molecule has 0 saturated carbocycles. The molecule has 0 aliphatic carbocycles. The summed E-state index contributed by atoms with van der Waals surface area (Å²) < 4.78 is 2.01. The molecular weight excluding hydrogens is 376 g/mol.